The molecule has 2 rings (SSSR count). The molecule has 0 heterocycles. The number of aromatic hydroxyl groups is 4. The Bertz CT molecular complexity index is 1020. The lowest BCUT2D eigenvalue weighted by atomic mass is 9.80. The molecule has 0 aliphatic carbocycles. The highest BCUT2D eigenvalue weighted by Crippen LogP contribution is 2.40. The molecule has 10 nitrogen and oxygen atoms in total. The molecular formula is C24H30O10. The van der Waals surface area contributed by atoms with Crippen LogP contribution in [-0.2, 0) is 31.9 Å². The summed E-state index contributed by atoms with van der Waals surface area (Å²) in [6.07, 6.45) is 0.601. The molecule has 0 unspecified atom stereocenters. The van der Waals surface area contributed by atoms with E-state index in [0.717, 1.165) is 0 Å². The van der Waals surface area contributed by atoms with Crippen LogP contribution in [0.25, 0.3) is 0 Å². The van der Waals surface area contributed by atoms with Gasteiger partial charge in [0.2, 0.25) is 11.5 Å². The fourth-order valence-electron chi connectivity index (χ4n) is 3.85. The second kappa shape index (κ2) is 11.9. The van der Waals surface area contributed by atoms with Crippen LogP contribution in [0.2, 0.25) is 0 Å². The van der Waals surface area contributed by atoms with Gasteiger partial charge in [-0.25, -0.2) is 0 Å². The minimum Gasteiger partial charge on any atom is -0.504 e. The van der Waals surface area contributed by atoms with E-state index in [0.29, 0.717) is 11.1 Å². The van der Waals surface area contributed by atoms with E-state index in [-0.39, 0.29) is 42.9 Å². The zero-order valence-electron chi connectivity index (χ0n) is 19.5. The number of ether oxygens (including phenoxy) is 4. The van der Waals surface area contributed by atoms with Crippen molar-refractivity contribution in [2.24, 2.45) is 11.8 Å². The van der Waals surface area contributed by atoms with Crippen LogP contribution in [0.1, 0.15) is 24.0 Å². The molecule has 10 heteroatoms. The van der Waals surface area contributed by atoms with Crippen LogP contribution in [0, 0.1) is 11.8 Å². The third-order valence-electron chi connectivity index (χ3n) is 5.64. The van der Waals surface area contributed by atoms with Gasteiger partial charge < -0.3 is 39.4 Å². The smallest absolute Gasteiger partial charge is 0.309 e. The number of rotatable bonds is 11. The summed E-state index contributed by atoms with van der Waals surface area (Å²) < 4.78 is 19.9. The average molecular weight is 478 g/mol. The van der Waals surface area contributed by atoms with Crippen LogP contribution >= 0.6 is 0 Å². The van der Waals surface area contributed by atoms with Crippen molar-refractivity contribution in [3.63, 3.8) is 0 Å². The molecule has 0 aliphatic heterocycles. The number of esters is 2. The normalized spacial score (nSPS) is 12.5. The van der Waals surface area contributed by atoms with Crippen LogP contribution in [0.3, 0.4) is 0 Å². The van der Waals surface area contributed by atoms with E-state index >= 15 is 0 Å². The third-order valence-corrected chi connectivity index (χ3v) is 5.64. The van der Waals surface area contributed by atoms with E-state index in [4.69, 9.17) is 18.9 Å². The van der Waals surface area contributed by atoms with E-state index in [1.165, 1.54) is 52.7 Å². The van der Waals surface area contributed by atoms with Gasteiger partial charge in [-0.3, -0.25) is 9.59 Å². The highest BCUT2D eigenvalue weighted by molar-refractivity contribution is 5.74. The fraction of sp³-hybridized carbons (Fsp3) is 0.417. The number of hydrogen-bond donors (Lipinski definition) is 4. The van der Waals surface area contributed by atoms with Crippen LogP contribution < -0.4 is 9.47 Å². The van der Waals surface area contributed by atoms with E-state index in [1.54, 1.807) is 0 Å². The molecule has 0 aromatic heterocycles. The zero-order chi connectivity index (χ0) is 25.4. The summed E-state index contributed by atoms with van der Waals surface area (Å²) >= 11 is 0. The lowest BCUT2D eigenvalue weighted by Crippen LogP contribution is -2.29. The summed E-state index contributed by atoms with van der Waals surface area (Å²) in [5.41, 5.74) is 1.05. The Balaban J connectivity index is 2.46. The Morgan fingerprint density at radius 2 is 1.26 bits per heavy atom. The first-order valence-electron chi connectivity index (χ1n) is 10.5. The third kappa shape index (κ3) is 6.37. The number of phenols is 4. The first-order valence-corrected chi connectivity index (χ1v) is 10.5. The van der Waals surface area contributed by atoms with Gasteiger partial charge in [-0.1, -0.05) is 0 Å². The quantitative estimate of drug-likeness (QED) is 0.280. The minimum atomic E-state index is -0.773. The second-order valence-electron chi connectivity index (χ2n) is 7.74. The maximum Gasteiger partial charge on any atom is 0.309 e. The van der Waals surface area contributed by atoms with Crippen molar-refractivity contribution in [1.29, 1.82) is 0 Å². The number of carbonyl (C=O) groups is 2. The van der Waals surface area contributed by atoms with Crippen molar-refractivity contribution in [3.8, 4) is 34.5 Å². The maximum atomic E-state index is 12.8. The van der Waals surface area contributed by atoms with Crippen molar-refractivity contribution in [3.05, 3.63) is 35.4 Å². The topological polar surface area (TPSA) is 152 Å². The van der Waals surface area contributed by atoms with E-state index in [1.807, 2.05) is 0 Å². The minimum absolute atomic E-state index is 0.0278. The molecule has 0 bridgehead atoms. The average Bonchev–Trinajstić information content (AvgIpc) is 2.83. The molecule has 0 saturated carbocycles. The molecule has 0 aliphatic rings. The number of benzene rings is 2. The number of hydrogen-bond acceptors (Lipinski definition) is 10. The Kier molecular flexibility index (Phi) is 9.23. The highest BCUT2D eigenvalue weighted by Gasteiger charge is 2.31. The van der Waals surface area contributed by atoms with Crippen LogP contribution in [-0.4, -0.2) is 60.8 Å². The fourth-order valence-corrected chi connectivity index (χ4v) is 3.85. The first kappa shape index (κ1) is 26.4. The monoisotopic (exact) mass is 478 g/mol. The van der Waals surface area contributed by atoms with E-state index < -0.39 is 41.0 Å². The summed E-state index contributed by atoms with van der Waals surface area (Å²) in [6, 6.07) is 5.70. The van der Waals surface area contributed by atoms with Crippen molar-refractivity contribution < 1.29 is 49.0 Å². The maximum absolute atomic E-state index is 12.8. The van der Waals surface area contributed by atoms with E-state index in [2.05, 4.69) is 0 Å². The molecule has 0 radical (unpaired) electrons. The number of carbonyl (C=O) groups excluding carboxylic acids is 2. The first-order chi connectivity index (χ1) is 16.1. The Hall–Kier alpha value is -3.82. The molecule has 2 aromatic rings. The van der Waals surface area contributed by atoms with Gasteiger partial charge in [0.1, 0.15) is 0 Å². The van der Waals surface area contributed by atoms with Gasteiger partial charge in [-0.15, -0.1) is 0 Å². The molecule has 2 atom stereocenters. The van der Waals surface area contributed by atoms with Gasteiger partial charge in [-0.05, 0) is 60.6 Å². The largest absolute Gasteiger partial charge is 0.504 e. The molecule has 186 valence electrons. The van der Waals surface area contributed by atoms with E-state index in [9.17, 15) is 30.0 Å². The van der Waals surface area contributed by atoms with Gasteiger partial charge in [-0.2, -0.15) is 0 Å². The van der Waals surface area contributed by atoms with Gasteiger partial charge in [0.05, 0.1) is 34.4 Å². The molecule has 4 N–H and O–H groups in total. The van der Waals surface area contributed by atoms with Gasteiger partial charge in [0.25, 0.3) is 0 Å². The summed E-state index contributed by atoms with van der Waals surface area (Å²) in [5.74, 6) is -3.76. The zero-order valence-corrected chi connectivity index (χ0v) is 19.5. The van der Waals surface area contributed by atoms with Crippen LogP contribution in [0.5, 0.6) is 34.5 Å². The number of phenolic OH excluding ortho intramolecular Hbond substituents is 4. The summed E-state index contributed by atoms with van der Waals surface area (Å²) in [6.45, 7) is 0. The highest BCUT2D eigenvalue weighted by atomic mass is 16.5. The van der Waals surface area contributed by atoms with Gasteiger partial charge in [0.15, 0.2) is 23.0 Å². The molecule has 0 fully saturated rings. The lowest BCUT2D eigenvalue weighted by Gasteiger charge is -2.26. The van der Waals surface area contributed by atoms with Gasteiger partial charge in [0, 0.05) is 6.42 Å². The predicted octanol–water partition coefficient (Wildman–Crippen LogP) is 2.67. The van der Waals surface area contributed by atoms with Crippen LogP contribution in [0.4, 0.5) is 0 Å². The lowest BCUT2D eigenvalue weighted by molar-refractivity contribution is -0.148. The SMILES string of the molecule is COC(=O)CC[C@H](Cc1cc(O)c(O)c(OC)c1)[C@@H](Cc1cc(O)c(O)c(OC)c1)C(=O)OC. The Morgan fingerprint density at radius 1 is 0.765 bits per heavy atom. The van der Waals surface area contributed by atoms with Gasteiger partial charge >= 0.3 is 11.9 Å². The molecule has 0 spiro atoms. The van der Waals surface area contributed by atoms with Crippen LogP contribution in [0.15, 0.2) is 24.3 Å². The molecular weight excluding hydrogens is 448 g/mol. The summed E-state index contributed by atoms with van der Waals surface area (Å²) in [7, 11) is 5.19. The molecule has 0 saturated heterocycles. The van der Waals surface area contributed by atoms with Crippen molar-refractivity contribution in [2.75, 3.05) is 28.4 Å². The molecule has 2 aromatic carbocycles. The summed E-state index contributed by atoms with van der Waals surface area (Å²) in [5, 5.41) is 39.9. The standard InChI is InChI=1S/C24H30O10/c1-31-19-11-13(9-17(25)22(19)28)7-15(5-6-21(27)33-3)16(24(30)34-4)8-14-10-18(26)23(29)20(12-14)32-2/h9-12,15-16,25-26,28-29H,5-8H2,1-4H3/t15-,16-/m1/s1. The van der Waals surface area contributed by atoms with Crippen molar-refractivity contribution >= 4 is 11.9 Å². The second-order valence-corrected chi connectivity index (χ2v) is 7.74. The molecule has 34 heavy (non-hydrogen) atoms. The van der Waals surface area contributed by atoms with Crippen molar-refractivity contribution in [1.82, 2.24) is 0 Å². The molecule has 0 amide bonds. The Morgan fingerprint density at radius 3 is 1.71 bits per heavy atom. The number of methoxy groups -OCH3 is 4. The predicted molar refractivity (Wildman–Crippen MR) is 120 cm³/mol. The summed E-state index contributed by atoms with van der Waals surface area (Å²) in [4.78, 5) is 24.7. The van der Waals surface area contributed by atoms with Crippen molar-refractivity contribution in [2.45, 2.75) is 25.7 Å². The Labute approximate surface area is 197 Å².